The van der Waals surface area contributed by atoms with Gasteiger partial charge >= 0.3 is 5.97 Å². The number of ether oxygens (including phenoxy) is 1. The minimum atomic E-state index is -0.970. The van der Waals surface area contributed by atoms with Gasteiger partial charge in [-0.05, 0) is 30.5 Å². The van der Waals surface area contributed by atoms with E-state index in [0.717, 1.165) is 17.9 Å². The number of hydrogen-bond acceptors (Lipinski definition) is 4. The molecular weight excluding hydrogens is 244 g/mol. The van der Waals surface area contributed by atoms with Gasteiger partial charge in [0.15, 0.2) is 0 Å². The summed E-state index contributed by atoms with van der Waals surface area (Å²) in [7, 11) is 3.53. The molecule has 5 heteroatoms. The Labute approximate surface area is 114 Å². The summed E-state index contributed by atoms with van der Waals surface area (Å²) in [5.41, 5.74) is 7.68. The smallest absolute Gasteiger partial charge is 0.320 e. The zero-order valence-corrected chi connectivity index (χ0v) is 11.7. The zero-order chi connectivity index (χ0) is 14.4. The summed E-state index contributed by atoms with van der Waals surface area (Å²) in [5.74, 6) is -0.189. The number of benzene rings is 1. The van der Waals surface area contributed by atoms with Crippen molar-refractivity contribution in [3.63, 3.8) is 0 Å². The van der Waals surface area contributed by atoms with Crippen molar-refractivity contribution in [1.29, 1.82) is 0 Å². The number of carboxylic acid groups (broad SMARTS) is 1. The largest absolute Gasteiger partial charge is 0.495 e. The van der Waals surface area contributed by atoms with E-state index in [1.165, 1.54) is 5.56 Å². The Morgan fingerprint density at radius 3 is 2.74 bits per heavy atom. The van der Waals surface area contributed by atoms with Gasteiger partial charge < -0.3 is 20.5 Å². The second-order valence-corrected chi connectivity index (χ2v) is 4.51. The summed E-state index contributed by atoms with van der Waals surface area (Å²) >= 11 is 0. The highest BCUT2D eigenvalue weighted by Crippen LogP contribution is 2.28. The molecule has 0 saturated carbocycles. The number of carboxylic acids is 1. The van der Waals surface area contributed by atoms with E-state index in [9.17, 15) is 4.79 Å². The van der Waals surface area contributed by atoms with Gasteiger partial charge in [-0.25, -0.2) is 0 Å². The number of carbonyl (C=O) groups is 1. The van der Waals surface area contributed by atoms with Crippen LogP contribution in [0.2, 0.25) is 0 Å². The molecule has 1 atom stereocenters. The lowest BCUT2D eigenvalue weighted by molar-refractivity contribution is -0.138. The number of hydrogen-bond donors (Lipinski definition) is 2. The van der Waals surface area contributed by atoms with Crippen LogP contribution in [0.15, 0.2) is 18.2 Å². The molecule has 19 heavy (non-hydrogen) atoms. The minimum absolute atomic E-state index is 0.394. The molecule has 0 fully saturated rings. The molecule has 0 amide bonds. The van der Waals surface area contributed by atoms with E-state index in [2.05, 4.69) is 13.0 Å². The third-order valence-corrected chi connectivity index (χ3v) is 3.16. The van der Waals surface area contributed by atoms with Crippen molar-refractivity contribution in [3.8, 4) is 5.75 Å². The predicted octanol–water partition coefficient (Wildman–Crippen LogP) is 1.50. The van der Waals surface area contributed by atoms with Crippen molar-refractivity contribution < 1.29 is 14.6 Å². The summed E-state index contributed by atoms with van der Waals surface area (Å²) in [6, 6.07) is 5.19. The van der Waals surface area contributed by atoms with Gasteiger partial charge in [-0.3, -0.25) is 4.79 Å². The van der Waals surface area contributed by atoms with Gasteiger partial charge in [-0.1, -0.05) is 13.0 Å². The van der Waals surface area contributed by atoms with Crippen LogP contribution < -0.4 is 15.4 Å². The average Bonchev–Trinajstić information content (AvgIpc) is 2.43. The Morgan fingerprint density at radius 2 is 2.21 bits per heavy atom. The fourth-order valence-corrected chi connectivity index (χ4v) is 1.83. The first-order chi connectivity index (χ1) is 8.99. The number of aryl methyl sites for hydroxylation is 1. The first kappa shape index (κ1) is 15.3. The van der Waals surface area contributed by atoms with Crippen molar-refractivity contribution in [2.45, 2.75) is 25.8 Å². The Bertz CT molecular complexity index is 435. The summed E-state index contributed by atoms with van der Waals surface area (Å²) in [6.07, 6.45) is 1.34. The molecule has 1 rings (SSSR count). The monoisotopic (exact) mass is 266 g/mol. The Morgan fingerprint density at radius 1 is 1.53 bits per heavy atom. The third-order valence-electron chi connectivity index (χ3n) is 3.16. The van der Waals surface area contributed by atoms with Crippen LogP contribution in [0.25, 0.3) is 0 Å². The molecular formula is C14H22N2O3. The fourth-order valence-electron chi connectivity index (χ4n) is 1.83. The molecule has 3 N–H and O–H groups in total. The zero-order valence-electron chi connectivity index (χ0n) is 11.7. The standard InChI is InChI=1S/C14H22N2O3/c1-4-10-5-6-13(19-3)12(9-10)16(2)8-7-11(15)14(17)18/h5-6,9,11H,4,7-8,15H2,1-3H3,(H,17,18). The SMILES string of the molecule is CCc1ccc(OC)c(N(C)CCC(N)C(=O)O)c1. The van der Waals surface area contributed by atoms with E-state index in [-0.39, 0.29) is 0 Å². The van der Waals surface area contributed by atoms with E-state index in [1.807, 2.05) is 24.1 Å². The van der Waals surface area contributed by atoms with Gasteiger partial charge in [-0.2, -0.15) is 0 Å². The predicted molar refractivity (Wildman–Crippen MR) is 75.9 cm³/mol. The van der Waals surface area contributed by atoms with Crippen LogP contribution in [0.3, 0.4) is 0 Å². The maximum Gasteiger partial charge on any atom is 0.320 e. The van der Waals surface area contributed by atoms with Gasteiger partial charge in [-0.15, -0.1) is 0 Å². The van der Waals surface area contributed by atoms with Crippen molar-refractivity contribution in [2.75, 3.05) is 25.6 Å². The van der Waals surface area contributed by atoms with Crippen molar-refractivity contribution in [3.05, 3.63) is 23.8 Å². The summed E-state index contributed by atoms with van der Waals surface area (Å²) < 4.78 is 5.33. The molecule has 0 aliphatic carbocycles. The molecule has 1 unspecified atom stereocenters. The van der Waals surface area contributed by atoms with Crippen LogP contribution in [-0.4, -0.2) is 37.8 Å². The second-order valence-electron chi connectivity index (χ2n) is 4.51. The topological polar surface area (TPSA) is 75.8 Å². The lowest BCUT2D eigenvalue weighted by Crippen LogP contribution is -2.34. The van der Waals surface area contributed by atoms with E-state index in [1.54, 1.807) is 7.11 Å². The molecule has 0 spiro atoms. The maximum absolute atomic E-state index is 10.7. The van der Waals surface area contributed by atoms with Crippen LogP contribution in [0.1, 0.15) is 18.9 Å². The van der Waals surface area contributed by atoms with Crippen LogP contribution in [0, 0.1) is 0 Å². The summed E-state index contributed by atoms with van der Waals surface area (Å²) in [4.78, 5) is 12.7. The highest BCUT2D eigenvalue weighted by Gasteiger charge is 2.14. The number of nitrogens with two attached hydrogens (primary N) is 1. The molecule has 0 heterocycles. The van der Waals surface area contributed by atoms with Gasteiger partial charge in [0, 0.05) is 13.6 Å². The second kappa shape index (κ2) is 6.99. The number of aliphatic carboxylic acids is 1. The Balaban J connectivity index is 2.79. The quantitative estimate of drug-likeness (QED) is 0.782. The third kappa shape index (κ3) is 4.13. The summed E-state index contributed by atoms with van der Waals surface area (Å²) in [5, 5.41) is 8.78. The van der Waals surface area contributed by atoms with Crippen molar-refractivity contribution in [1.82, 2.24) is 0 Å². The van der Waals surface area contributed by atoms with Crippen LogP contribution in [0.4, 0.5) is 5.69 Å². The summed E-state index contributed by atoms with van der Waals surface area (Å²) in [6.45, 7) is 2.66. The Hall–Kier alpha value is -1.75. The van der Waals surface area contributed by atoms with E-state index in [0.29, 0.717) is 13.0 Å². The molecule has 0 radical (unpaired) electrons. The van der Waals surface area contributed by atoms with Crippen LogP contribution in [0.5, 0.6) is 5.75 Å². The normalized spacial score (nSPS) is 12.0. The molecule has 0 bridgehead atoms. The molecule has 0 saturated heterocycles. The number of rotatable bonds is 7. The fraction of sp³-hybridized carbons (Fsp3) is 0.500. The highest BCUT2D eigenvalue weighted by atomic mass is 16.5. The van der Waals surface area contributed by atoms with Crippen molar-refractivity contribution in [2.24, 2.45) is 5.73 Å². The number of methoxy groups -OCH3 is 1. The van der Waals surface area contributed by atoms with Gasteiger partial charge in [0.05, 0.1) is 12.8 Å². The number of anilines is 1. The van der Waals surface area contributed by atoms with Gasteiger partial charge in [0.25, 0.3) is 0 Å². The number of nitrogens with zero attached hydrogens (tertiary/aromatic N) is 1. The maximum atomic E-state index is 10.7. The van der Waals surface area contributed by atoms with Crippen molar-refractivity contribution >= 4 is 11.7 Å². The molecule has 5 nitrogen and oxygen atoms in total. The molecule has 1 aromatic carbocycles. The van der Waals surface area contributed by atoms with E-state index in [4.69, 9.17) is 15.6 Å². The molecule has 0 aliphatic rings. The van der Waals surface area contributed by atoms with Crippen LogP contribution in [-0.2, 0) is 11.2 Å². The molecule has 0 aromatic heterocycles. The van der Waals surface area contributed by atoms with Gasteiger partial charge in [0.1, 0.15) is 11.8 Å². The minimum Gasteiger partial charge on any atom is -0.495 e. The lowest BCUT2D eigenvalue weighted by atomic mass is 10.1. The van der Waals surface area contributed by atoms with Crippen LogP contribution >= 0.6 is 0 Å². The molecule has 0 aliphatic heterocycles. The highest BCUT2D eigenvalue weighted by molar-refractivity contribution is 5.73. The van der Waals surface area contributed by atoms with E-state index >= 15 is 0 Å². The molecule has 106 valence electrons. The first-order valence-corrected chi connectivity index (χ1v) is 6.36. The lowest BCUT2D eigenvalue weighted by Gasteiger charge is -2.23. The Kier molecular flexibility index (Phi) is 5.63. The van der Waals surface area contributed by atoms with Gasteiger partial charge in [0.2, 0.25) is 0 Å². The molecule has 1 aromatic rings. The average molecular weight is 266 g/mol. The first-order valence-electron chi connectivity index (χ1n) is 6.36. The van der Waals surface area contributed by atoms with E-state index < -0.39 is 12.0 Å².